The molecule has 0 aliphatic heterocycles. The molecule has 0 unspecified atom stereocenters. The summed E-state index contributed by atoms with van der Waals surface area (Å²) in [4.78, 5) is 10.8. The van der Waals surface area contributed by atoms with Crippen molar-refractivity contribution >= 4 is 11.8 Å². The van der Waals surface area contributed by atoms with Gasteiger partial charge in [0.1, 0.15) is 11.6 Å². The van der Waals surface area contributed by atoms with Gasteiger partial charge in [0.25, 0.3) is 0 Å². The summed E-state index contributed by atoms with van der Waals surface area (Å²) in [6.07, 6.45) is -1.20. The van der Waals surface area contributed by atoms with Gasteiger partial charge in [0.2, 0.25) is 0 Å². The monoisotopic (exact) mass is 275 g/mol. The van der Waals surface area contributed by atoms with E-state index in [2.05, 4.69) is 5.32 Å². The first-order valence-corrected chi connectivity index (χ1v) is 6.13. The molecule has 5 heteroatoms. The summed E-state index contributed by atoms with van der Waals surface area (Å²) in [7, 11) is 0. The molecule has 104 valence electrons. The maximum Gasteiger partial charge on any atom is 0.409 e. The molecule has 0 saturated carbocycles. The third-order valence-corrected chi connectivity index (χ3v) is 2.68. The lowest BCUT2D eigenvalue weighted by molar-refractivity contribution is 0.210. The van der Waals surface area contributed by atoms with Gasteiger partial charge in [-0.1, -0.05) is 12.1 Å². The molecule has 0 saturated heterocycles. The number of benzene rings is 2. The van der Waals surface area contributed by atoms with E-state index < -0.39 is 11.9 Å². The van der Waals surface area contributed by atoms with E-state index in [1.165, 1.54) is 18.2 Å². The molecule has 2 N–H and O–H groups in total. The van der Waals surface area contributed by atoms with Crippen molar-refractivity contribution in [3.8, 4) is 16.9 Å². The van der Waals surface area contributed by atoms with Crippen LogP contribution in [0.15, 0.2) is 42.5 Å². The number of carbonyl (C=O) groups is 1. The second-order valence-electron chi connectivity index (χ2n) is 4.08. The lowest BCUT2D eigenvalue weighted by atomic mass is 10.0. The second kappa shape index (κ2) is 6.06. The van der Waals surface area contributed by atoms with Crippen LogP contribution in [0.1, 0.15) is 6.92 Å². The second-order valence-corrected chi connectivity index (χ2v) is 4.08. The van der Waals surface area contributed by atoms with Crippen LogP contribution in [0, 0.1) is 5.82 Å². The van der Waals surface area contributed by atoms with Gasteiger partial charge < -0.3 is 9.84 Å². The minimum absolute atomic E-state index is 0.326. The molecule has 0 atom stereocenters. The molecule has 0 bridgehead atoms. The van der Waals surface area contributed by atoms with Crippen molar-refractivity contribution < 1.29 is 19.0 Å². The van der Waals surface area contributed by atoms with Crippen molar-refractivity contribution in [3.05, 3.63) is 48.3 Å². The number of rotatable bonds is 4. The summed E-state index contributed by atoms with van der Waals surface area (Å²) in [6.45, 7) is 2.39. The SMILES string of the molecule is CCOc1cccc(-c2cc(F)ccc2NC(=O)O)c1. The average molecular weight is 275 g/mol. The van der Waals surface area contributed by atoms with Crippen molar-refractivity contribution in [1.29, 1.82) is 0 Å². The zero-order valence-electron chi connectivity index (χ0n) is 10.9. The van der Waals surface area contributed by atoms with E-state index in [-0.39, 0.29) is 0 Å². The molecular weight excluding hydrogens is 261 g/mol. The fourth-order valence-corrected chi connectivity index (χ4v) is 1.90. The Kier molecular flexibility index (Phi) is 4.20. The molecule has 0 fully saturated rings. The van der Waals surface area contributed by atoms with E-state index >= 15 is 0 Å². The Morgan fingerprint density at radius 3 is 2.80 bits per heavy atom. The molecule has 0 heterocycles. The fourth-order valence-electron chi connectivity index (χ4n) is 1.90. The van der Waals surface area contributed by atoms with Crippen molar-refractivity contribution in [1.82, 2.24) is 0 Å². The van der Waals surface area contributed by atoms with Gasteiger partial charge in [0, 0.05) is 5.56 Å². The zero-order valence-corrected chi connectivity index (χ0v) is 10.9. The molecule has 0 aromatic heterocycles. The van der Waals surface area contributed by atoms with Crippen LogP contribution in [0.25, 0.3) is 11.1 Å². The predicted molar refractivity (Wildman–Crippen MR) is 74.7 cm³/mol. The summed E-state index contributed by atoms with van der Waals surface area (Å²) >= 11 is 0. The van der Waals surface area contributed by atoms with E-state index in [4.69, 9.17) is 9.84 Å². The summed E-state index contributed by atoms with van der Waals surface area (Å²) in [5.41, 5.74) is 1.47. The van der Waals surface area contributed by atoms with Gasteiger partial charge in [0.15, 0.2) is 0 Å². The Hall–Kier alpha value is -2.56. The van der Waals surface area contributed by atoms with Crippen LogP contribution in [-0.4, -0.2) is 17.8 Å². The van der Waals surface area contributed by atoms with Crippen LogP contribution in [0.2, 0.25) is 0 Å². The quantitative estimate of drug-likeness (QED) is 0.887. The summed E-state index contributed by atoms with van der Waals surface area (Å²) in [6, 6.07) is 11.0. The van der Waals surface area contributed by atoms with E-state index in [0.717, 1.165) is 0 Å². The van der Waals surface area contributed by atoms with Gasteiger partial charge >= 0.3 is 6.09 Å². The first-order valence-electron chi connectivity index (χ1n) is 6.13. The first kappa shape index (κ1) is 13.9. The third kappa shape index (κ3) is 3.26. The molecule has 2 aromatic carbocycles. The lowest BCUT2D eigenvalue weighted by Gasteiger charge is -2.11. The Morgan fingerprint density at radius 2 is 2.10 bits per heavy atom. The van der Waals surface area contributed by atoms with Gasteiger partial charge in [-0.15, -0.1) is 0 Å². The van der Waals surface area contributed by atoms with E-state index in [1.807, 2.05) is 6.92 Å². The van der Waals surface area contributed by atoms with E-state index in [0.29, 0.717) is 29.2 Å². The molecule has 0 aliphatic rings. The van der Waals surface area contributed by atoms with Crippen LogP contribution >= 0.6 is 0 Å². The van der Waals surface area contributed by atoms with Crippen molar-refractivity contribution in [3.63, 3.8) is 0 Å². The molecule has 20 heavy (non-hydrogen) atoms. The van der Waals surface area contributed by atoms with Gasteiger partial charge in [-0.3, -0.25) is 5.32 Å². The number of ether oxygens (including phenoxy) is 1. The van der Waals surface area contributed by atoms with Crippen LogP contribution in [-0.2, 0) is 0 Å². The Morgan fingerprint density at radius 1 is 1.30 bits per heavy atom. The molecule has 0 spiro atoms. The topological polar surface area (TPSA) is 58.6 Å². The summed E-state index contributed by atoms with van der Waals surface area (Å²) in [5.74, 6) is 0.216. The highest BCUT2D eigenvalue weighted by atomic mass is 19.1. The highest BCUT2D eigenvalue weighted by molar-refractivity contribution is 5.90. The van der Waals surface area contributed by atoms with Crippen LogP contribution in [0.4, 0.5) is 14.9 Å². The van der Waals surface area contributed by atoms with Gasteiger partial charge in [-0.25, -0.2) is 9.18 Å². The van der Waals surface area contributed by atoms with Crippen molar-refractivity contribution in [2.75, 3.05) is 11.9 Å². The van der Waals surface area contributed by atoms with E-state index in [9.17, 15) is 9.18 Å². The van der Waals surface area contributed by atoms with Crippen molar-refractivity contribution in [2.24, 2.45) is 0 Å². The van der Waals surface area contributed by atoms with Gasteiger partial charge in [0.05, 0.1) is 12.3 Å². The highest BCUT2D eigenvalue weighted by Gasteiger charge is 2.10. The number of carboxylic acid groups (broad SMARTS) is 1. The summed E-state index contributed by atoms with van der Waals surface area (Å²) < 4.78 is 18.8. The molecule has 4 nitrogen and oxygen atoms in total. The number of nitrogens with one attached hydrogen (secondary N) is 1. The standard InChI is InChI=1S/C15H14FNO3/c1-2-20-12-5-3-4-10(8-12)13-9-11(16)6-7-14(13)17-15(18)19/h3-9,17H,2H2,1H3,(H,18,19). The Bertz CT molecular complexity index is 628. The largest absolute Gasteiger partial charge is 0.494 e. The zero-order chi connectivity index (χ0) is 14.5. The first-order chi connectivity index (χ1) is 9.60. The highest BCUT2D eigenvalue weighted by Crippen LogP contribution is 2.31. The van der Waals surface area contributed by atoms with Crippen LogP contribution in [0.5, 0.6) is 5.75 Å². The molecule has 2 rings (SSSR count). The van der Waals surface area contributed by atoms with Gasteiger partial charge in [-0.05, 0) is 42.8 Å². The molecule has 0 radical (unpaired) electrons. The Balaban J connectivity index is 2.47. The molecule has 0 aliphatic carbocycles. The predicted octanol–water partition coefficient (Wildman–Crippen LogP) is 3.98. The van der Waals surface area contributed by atoms with Crippen LogP contribution in [0.3, 0.4) is 0 Å². The number of hydrogen-bond donors (Lipinski definition) is 2. The molecular formula is C15H14FNO3. The summed E-state index contributed by atoms with van der Waals surface area (Å²) in [5, 5.41) is 11.1. The minimum Gasteiger partial charge on any atom is -0.494 e. The number of hydrogen-bond acceptors (Lipinski definition) is 2. The third-order valence-electron chi connectivity index (χ3n) is 2.68. The Labute approximate surface area is 115 Å². The molecule has 2 aromatic rings. The minimum atomic E-state index is -1.20. The normalized spacial score (nSPS) is 10.1. The average Bonchev–Trinajstić information content (AvgIpc) is 2.41. The lowest BCUT2D eigenvalue weighted by Crippen LogP contribution is -2.08. The smallest absolute Gasteiger partial charge is 0.409 e. The number of anilines is 1. The number of amides is 1. The van der Waals surface area contributed by atoms with Crippen molar-refractivity contribution in [2.45, 2.75) is 6.92 Å². The van der Waals surface area contributed by atoms with Crippen LogP contribution < -0.4 is 10.1 Å². The van der Waals surface area contributed by atoms with E-state index in [1.54, 1.807) is 24.3 Å². The van der Waals surface area contributed by atoms with Gasteiger partial charge in [-0.2, -0.15) is 0 Å². The fraction of sp³-hybridized carbons (Fsp3) is 0.133. The number of halogens is 1. The molecule has 1 amide bonds. The maximum absolute atomic E-state index is 13.4. The maximum atomic E-state index is 13.4.